The number of nitrogens with zero attached hydrogens (tertiary/aromatic N) is 2. The third-order valence-corrected chi connectivity index (χ3v) is 6.81. The first kappa shape index (κ1) is 22.0. The van der Waals surface area contributed by atoms with E-state index in [1.165, 1.54) is 0 Å². The van der Waals surface area contributed by atoms with Crippen LogP contribution in [0, 0.1) is 12.3 Å². The molecule has 7 heteroatoms. The van der Waals surface area contributed by atoms with Crippen LogP contribution in [0.4, 0.5) is 10.9 Å². The molecule has 0 saturated heterocycles. The molecule has 0 bridgehead atoms. The number of thiazole rings is 1. The maximum atomic E-state index is 8.06. The Labute approximate surface area is 196 Å². The molecule has 0 aliphatic carbocycles. The highest BCUT2D eigenvalue weighted by Gasteiger charge is 2.18. The molecule has 4 aromatic rings. The van der Waals surface area contributed by atoms with E-state index in [4.69, 9.17) is 27.7 Å². The van der Waals surface area contributed by atoms with Crippen LogP contribution in [0.25, 0.3) is 22.4 Å². The van der Waals surface area contributed by atoms with Crippen LogP contribution in [0.5, 0.6) is 0 Å². The lowest BCUT2D eigenvalue weighted by Crippen LogP contribution is -2.14. The average molecular weight is 462 g/mol. The van der Waals surface area contributed by atoms with Crippen molar-refractivity contribution in [3.05, 3.63) is 81.8 Å². The molecule has 0 aliphatic rings. The lowest BCUT2D eigenvalue weighted by Gasteiger charge is -2.10. The largest absolute Gasteiger partial charge is 0.384 e. The molecule has 162 valence electrons. The van der Waals surface area contributed by atoms with Gasteiger partial charge in [-0.15, -0.1) is 11.3 Å². The van der Waals surface area contributed by atoms with Gasteiger partial charge in [-0.05, 0) is 36.1 Å². The second kappa shape index (κ2) is 9.10. The summed E-state index contributed by atoms with van der Waals surface area (Å²) in [5.74, 6) is 0.748. The Morgan fingerprint density at radius 1 is 1.06 bits per heavy atom. The second-order valence-corrected chi connectivity index (χ2v) is 9.31. The Morgan fingerprint density at radius 3 is 2.47 bits per heavy atom. The number of benzene rings is 2. The van der Waals surface area contributed by atoms with Gasteiger partial charge in [-0.3, -0.25) is 5.41 Å². The first-order chi connectivity index (χ1) is 15.3. The Kier molecular flexibility index (Phi) is 6.26. The maximum Gasteiger partial charge on any atom is 0.189 e. The van der Waals surface area contributed by atoms with Gasteiger partial charge in [0, 0.05) is 27.2 Å². The number of anilines is 2. The lowest BCUT2D eigenvalue weighted by molar-refractivity contribution is 0.888. The summed E-state index contributed by atoms with van der Waals surface area (Å²) < 4.78 is 0. The van der Waals surface area contributed by atoms with E-state index >= 15 is 0 Å². The molecule has 0 unspecified atom stereocenters. The first-order valence-corrected chi connectivity index (χ1v) is 11.5. The normalized spacial score (nSPS) is 11.0. The van der Waals surface area contributed by atoms with Crippen LogP contribution >= 0.6 is 22.9 Å². The highest BCUT2D eigenvalue weighted by atomic mass is 35.5. The number of aromatic nitrogens is 2. The maximum absolute atomic E-state index is 8.06. The molecule has 32 heavy (non-hydrogen) atoms. The van der Waals surface area contributed by atoms with E-state index in [9.17, 15) is 0 Å². The number of nitrogens with one attached hydrogen (secondary N) is 2. The Balaban J connectivity index is 1.72. The van der Waals surface area contributed by atoms with Crippen LogP contribution in [-0.2, 0) is 0 Å². The van der Waals surface area contributed by atoms with Gasteiger partial charge in [-0.1, -0.05) is 67.9 Å². The monoisotopic (exact) mass is 461 g/mol. The molecular formula is C25H24ClN5S. The van der Waals surface area contributed by atoms with Crippen LogP contribution < -0.4 is 11.1 Å². The van der Waals surface area contributed by atoms with Crippen LogP contribution in [0.15, 0.2) is 60.8 Å². The molecule has 0 saturated carbocycles. The van der Waals surface area contributed by atoms with Crippen LogP contribution in [-0.4, -0.2) is 15.8 Å². The van der Waals surface area contributed by atoms with Crippen molar-refractivity contribution in [1.82, 2.24) is 9.97 Å². The van der Waals surface area contributed by atoms with E-state index < -0.39 is 0 Å². The molecule has 2 aromatic carbocycles. The SMILES string of the molecule is Cc1ccc(-c2nc(Nc3ncc(-c4ccccc4)cc3C(=N)N)sc2C(C)C)cc1Cl. The highest BCUT2D eigenvalue weighted by molar-refractivity contribution is 7.16. The molecule has 4 N–H and O–H groups in total. The number of aryl methyl sites for hydroxylation is 1. The predicted octanol–water partition coefficient (Wildman–Crippen LogP) is 6.98. The summed E-state index contributed by atoms with van der Waals surface area (Å²) in [5, 5.41) is 12.8. The van der Waals surface area contributed by atoms with Gasteiger partial charge in [0.05, 0.1) is 11.3 Å². The second-order valence-electron chi connectivity index (χ2n) is 7.88. The molecular weight excluding hydrogens is 438 g/mol. The number of nitrogens with two attached hydrogens (primary N) is 1. The fourth-order valence-corrected chi connectivity index (χ4v) is 4.55. The van der Waals surface area contributed by atoms with E-state index in [1.54, 1.807) is 17.5 Å². The van der Waals surface area contributed by atoms with Crippen molar-refractivity contribution in [3.63, 3.8) is 0 Å². The minimum Gasteiger partial charge on any atom is -0.384 e. The summed E-state index contributed by atoms with van der Waals surface area (Å²) >= 11 is 7.94. The van der Waals surface area contributed by atoms with E-state index in [-0.39, 0.29) is 5.84 Å². The van der Waals surface area contributed by atoms with Gasteiger partial charge in [0.15, 0.2) is 5.13 Å². The molecule has 4 rings (SSSR count). The van der Waals surface area contributed by atoms with Gasteiger partial charge >= 0.3 is 0 Å². The van der Waals surface area contributed by atoms with Crippen LogP contribution in [0.3, 0.4) is 0 Å². The standard InChI is InChI=1S/C25H24ClN5S/c1-14(2)22-21(17-10-9-15(3)20(26)12-17)30-25(32-22)31-24-19(23(27)28)11-18(13-29-24)16-7-5-4-6-8-16/h4-14H,1-3H3,(H3,27,28)(H,29,30,31). The van der Waals surface area contributed by atoms with Crippen molar-refractivity contribution < 1.29 is 0 Å². The Morgan fingerprint density at radius 2 is 1.81 bits per heavy atom. The van der Waals surface area contributed by atoms with Gasteiger partial charge in [0.1, 0.15) is 11.7 Å². The summed E-state index contributed by atoms with van der Waals surface area (Å²) in [7, 11) is 0. The smallest absolute Gasteiger partial charge is 0.189 e. The lowest BCUT2D eigenvalue weighted by atomic mass is 10.0. The summed E-state index contributed by atoms with van der Waals surface area (Å²) in [6.07, 6.45) is 1.78. The third kappa shape index (κ3) is 4.52. The summed E-state index contributed by atoms with van der Waals surface area (Å²) in [4.78, 5) is 10.6. The summed E-state index contributed by atoms with van der Waals surface area (Å²) in [6.45, 7) is 6.27. The molecule has 0 aliphatic heterocycles. The third-order valence-electron chi connectivity index (χ3n) is 5.13. The number of halogens is 1. The average Bonchev–Trinajstić information content (AvgIpc) is 3.20. The zero-order chi connectivity index (χ0) is 22.8. The summed E-state index contributed by atoms with van der Waals surface area (Å²) in [6, 6.07) is 17.8. The fraction of sp³-hybridized carbons (Fsp3) is 0.160. The zero-order valence-corrected chi connectivity index (χ0v) is 19.7. The van der Waals surface area contributed by atoms with Crippen molar-refractivity contribution in [1.29, 1.82) is 5.41 Å². The number of rotatable bonds is 6. The van der Waals surface area contributed by atoms with E-state index in [2.05, 4.69) is 24.1 Å². The van der Waals surface area contributed by atoms with Gasteiger partial charge < -0.3 is 11.1 Å². The fourth-order valence-electron chi connectivity index (χ4n) is 3.38. The van der Waals surface area contributed by atoms with Crippen molar-refractivity contribution in [2.75, 3.05) is 5.32 Å². The molecule has 2 heterocycles. The molecule has 0 spiro atoms. The molecule has 0 fully saturated rings. The minimum atomic E-state index is -0.0519. The van der Waals surface area contributed by atoms with Crippen molar-refractivity contribution in [3.8, 4) is 22.4 Å². The molecule has 2 aromatic heterocycles. The minimum absolute atomic E-state index is 0.0519. The van der Waals surface area contributed by atoms with Gasteiger partial charge in [0.2, 0.25) is 0 Å². The number of hydrogen-bond donors (Lipinski definition) is 3. The van der Waals surface area contributed by atoms with E-state index in [1.807, 2.05) is 61.5 Å². The Bertz CT molecular complexity index is 1280. The van der Waals surface area contributed by atoms with E-state index in [0.29, 0.717) is 22.4 Å². The highest BCUT2D eigenvalue weighted by Crippen LogP contribution is 2.38. The summed E-state index contributed by atoms with van der Waals surface area (Å²) in [5.41, 5.74) is 11.3. The van der Waals surface area contributed by atoms with Gasteiger partial charge in [-0.25, -0.2) is 9.97 Å². The van der Waals surface area contributed by atoms with E-state index in [0.717, 1.165) is 37.8 Å². The zero-order valence-electron chi connectivity index (χ0n) is 18.1. The van der Waals surface area contributed by atoms with Crippen molar-refractivity contribution in [2.24, 2.45) is 5.73 Å². The number of hydrogen-bond acceptors (Lipinski definition) is 5. The molecule has 0 radical (unpaired) electrons. The van der Waals surface area contributed by atoms with Crippen molar-refractivity contribution >= 4 is 39.7 Å². The first-order valence-electron chi connectivity index (χ1n) is 10.3. The van der Waals surface area contributed by atoms with Crippen LogP contribution in [0.1, 0.15) is 35.8 Å². The number of amidine groups is 1. The predicted molar refractivity (Wildman–Crippen MR) is 135 cm³/mol. The quantitative estimate of drug-likeness (QED) is 0.213. The van der Waals surface area contributed by atoms with Crippen LogP contribution in [0.2, 0.25) is 5.02 Å². The molecule has 0 atom stereocenters. The van der Waals surface area contributed by atoms with Gasteiger partial charge in [0.25, 0.3) is 0 Å². The number of pyridine rings is 1. The van der Waals surface area contributed by atoms with Crippen molar-refractivity contribution in [2.45, 2.75) is 26.7 Å². The number of nitrogen functional groups attached to an aromatic ring is 1. The topological polar surface area (TPSA) is 87.7 Å². The van der Waals surface area contributed by atoms with Gasteiger partial charge in [-0.2, -0.15) is 0 Å². The molecule has 0 amide bonds. The Hall–Kier alpha value is -3.22. The molecule has 5 nitrogen and oxygen atoms in total.